The molecule has 1 saturated heterocycles. The van der Waals surface area contributed by atoms with Crippen LogP contribution >= 0.6 is 11.8 Å². The predicted molar refractivity (Wildman–Crippen MR) is 119 cm³/mol. The summed E-state index contributed by atoms with van der Waals surface area (Å²) >= 11 is 1.34. The van der Waals surface area contributed by atoms with E-state index in [4.69, 9.17) is 9.15 Å². The van der Waals surface area contributed by atoms with Crippen molar-refractivity contribution in [3.05, 3.63) is 45.9 Å². The summed E-state index contributed by atoms with van der Waals surface area (Å²) in [5.41, 5.74) is 1.78. The van der Waals surface area contributed by atoms with Crippen LogP contribution in [0.25, 0.3) is 0 Å². The largest absolute Gasteiger partial charge is 0.467 e. The minimum atomic E-state index is -0.333. The summed E-state index contributed by atoms with van der Waals surface area (Å²) in [5.74, 6) is 0.935. The molecule has 1 fully saturated rings. The Morgan fingerprint density at radius 2 is 1.91 bits per heavy atom. The van der Waals surface area contributed by atoms with Crippen LogP contribution in [0, 0.1) is 0 Å². The third kappa shape index (κ3) is 5.01. The third-order valence-corrected chi connectivity index (χ3v) is 6.84. The first-order valence-corrected chi connectivity index (χ1v) is 12.0. The van der Waals surface area contributed by atoms with Gasteiger partial charge in [-0.05, 0) is 44.7 Å². The Morgan fingerprint density at radius 1 is 1.16 bits per heavy atom. The number of carbonyl (C=O) groups excluding carboxylic acids is 2. The molecule has 0 atom stereocenters. The van der Waals surface area contributed by atoms with Crippen molar-refractivity contribution < 1.29 is 18.7 Å². The van der Waals surface area contributed by atoms with Crippen molar-refractivity contribution in [1.82, 2.24) is 19.4 Å². The summed E-state index contributed by atoms with van der Waals surface area (Å²) in [6, 6.07) is 3.66. The number of fused-ring (bicyclic) bond motifs is 1. The average molecular weight is 461 g/mol. The zero-order chi connectivity index (χ0) is 22.5. The van der Waals surface area contributed by atoms with Crippen LogP contribution in [0.5, 0.6) is 0 Å². The van der Waals surface area contributed by atoms with Crippen LogP contribution in [0.4, 0.5) is 4.79 Å². The van der Waals surface area contributed by atoms with E-state index in [1.807, 2.05) is 12.1 Å². The van der Waals surface area contributed by atoms with Gasteiger partial charge in [0.1, 0.15) is 10.8 Å². The molecule has 1 aliphatic carbocycles. The van der Waals surface area contributed by atoms with Gasteiger partial charge in [-0.1, -0.05) is 11.8 Å². The molecule has 0 aromatic carbocycles. The van der Waals surface area contributed by atoms with Crippen LogP contribution in [0.1, 0.15) is 36.8 Å². The van der Waals surface area contributed by atoms with Crippen molar-refractivity contribution in [3.8, 4) is 0 Å². The normalized spacial score (nSPS) is 16.0. The molecule has 9 nitrogen and oxygen atoms in total. The van der Waals surface area contributed by atoms with Gasteiger partial charge in [-0.2, -0.15) is 4.98 Å². The van der Waals surface area contributed by atoms with Gasteiger partial charge >= 0.3 is 11.8 Å². The lowest BCUT2D eigenvalue weighted by atomic mass is 9.97. The van der Waals surface area contributed by atoms with E-state index in [9.17, 15) is 14.4 Å². The van der Waals surface area contributed by atoms with Crippen LogP contribution in [0.2, 0.25) is 0 Å². The van der Waals surface area contributed by atoms with E-state index in [1.54, 1.807) is 27.6 Å². The average Bonchev–Trinajstić information content (AvgIpc) is 3.33. The zero-order valence-electron chi connectivity index (χ0n) is 18.2. The quantitative estimate of drug-likeness (QED) is 0.481. The van der Waals surface area contributed by atoms with Crippen molar-refractivity contribution in [2.24, 2.45) is 0 Å². The number of hydrogen-bond donors (Lipinski definition) is 0. The van der Waals surface area contributed by atoms with E-state index in [0.717, 1.165) is 42.7 Å². The molecule has 32 heavy (non-hydrogen) atoms. The Kier molecular flexibility index (Phi) is 7.19. The topological polar surface area (TPSA) is 97.9 Å². The van der Waals surface area contributed by atoms with Crippen molar-refractivity contribution in [2.45, 2.75) is 44.2 Å². The van der Waals surface area contributed by atoms with E-state index in [1.165, 1.54) is 11.8 Å². The van der Waals surface area contributed by atoms with Crippen LogP contribution in [-0.4, -0.2) is 69.9 Å². The van der Waals surface area contributed by atoms with Gasteiger partial charge in [-0.3, -0.25) is 9.36 Å². The molecule has 2 aromatic rings. The first-order valence-electron chi connectivity index (χ1n) is 11.0. The summed E-state index contributed by atoms with van der Waals surface area (Å²) in [4.78, 5) is 45.1. The highest BCUT2D eigenvalue weighted by atomic mass is 32.2. The number of furan rings is 1. The number of piperazine rings is 1. The second kappa shape index (κ2) is 10.2. The second-order valence-corrected chi connectivity index (χ2v) is 8.82. The Labute approximate surface area is 190 Å². The third-order valence-electron chi connectivity index (χ3n) is 5.84. The summed E-state index contributed by atoms with van der Waals surface area (Å²) in [5, 5.41) is 0.666. The van der Waals surface area contributed by atoms with Crippen LogP contribution < -0.4 is 5.69 Å². The molecule has 2 aliphatic rings. The molecule has 0 spiro atoms. The van der Waals surface area contributed by atoms with E-state index in [0.29, 0.717) is 44.4 Å². The number of aromatic nitrogens is 2. The molecule has 0 N–H and O–H groups in total. The maximum absolute atomic E-state index is 12.8. The lowest BCUT2D eigenvalue weighted by molar-refractivity contribution is -0.129. The number of ether oxygens (including phenoxy) is 1. The number of hydrogen-bond acceptors (Lipinski definition) is 7. The number of nitrogens with zero attached hydrogens (tertiary/aromatic N) is 4. The maximum atomic E-state index is 12.8. The van der Waals surface area contributed by atoms with Crippen molar-refractivity contribution in [1.29, 1.82) is 0 Å². The predicted octanol–water partition coefficient (Wildman–Crippen LogP) is 2.16. The van der Waals surface area contributed by atoms with Gasteiger partial charge < -0.3 is 19.0 Å². The van der Waals surface area contributed by atoms with E-state index in [2.05, 4.69) is 4.98 Å². The smallest absolute Gasteiger partial charge is 0.409 e. The lowest BCUT2D eigenvalue weighted by Crippen LogP contribution is -2.51. The van der Waals surface area contributed by atoms with Crippen LogP contribution in [-0.2, 0) is 28.9 Å². The highest BCUT2D eigenvalue weighted by Gasteiger charge is 2.26. The molecule has 172 valence electrons. The minimum Gasteiger partial charge on any atom is -0.467 e. The molecule has 4 rings (SSSR count). The van der Waals surface area contributed by atoms with Crippen LogP contribution in [0.3, 0.4) is 0 Å². The maximum Gasteiger partial charge on any atom is 0.409 e. The summed E-state index contributed by atoms with van der Waals surface area (Å²) in [6.07, 6.45) is 5.02. The molecular formula is C22H28N4O5S. The fraction of sp³-hybridized carbons (Fsp3) is 0.545. The standard InChI is InChI=1S/C22H28N4O5S/c1-2-30-22(29)25-11-9-24(10-12-25)19(27)15-32-20-17-7-3-4-8-18(17)26(21(28)23-20)14-16-6-5-13-31-16/h5-6,13H,2-4,7-12,14-15H2,1H3. The van der Waals surface area contributed by atoms with Crippen LogP contribution in [0.15, 0.2) is 32.6 Å². The summed E-state index contributed by atoms with van der Waals surface area (Å²) in [6.45, 7) is 4.37. The molecular weight excluding hydrogens is 432 g/mol. The molecule has 2 amide bonds. The lowest BCUT2D eigenvalue weighted by Gasteiger charge is -2.34. The summed E-state index contributed by atoms with van der Waals surface area (Å²) in [7, 11) is 0. The highest BCUT2D eigenvalue weighted by Crippen LogP contribution is 2.29. The van der Waals surface area contributed by atoms with Gasteiger partial charge in [0.25, 0.3) is 0 Å². The molecule has 0 radical (unpaired) electrons. The molecule has 3 heterocycles. The highest BCUT2D eigenvalue weighted by molar-refractivity contribution is 7.99. The molecule has 0 bridgehead atoms. The zero-order valence-corrected chi connectivity index (χ0v) is 19.1. The van der Waals surface area contributed by atoms with Gasteiger partial charge in [-0.15, -0.1) is 0 Å². The Bertz CT molecular complexity index is 1010. The van der Waals surface area contributed by atoms with E-state index in [-0.39, 0.29) is 23.4 Å². The van der Waals surface area contributed by atoms with Gasteiger partial charge in [0.05, 0.1) is 25.2 Å². The summed E-state index contributed by atoms with van der Waals surface area (Å²) < 4.78 is 12.1. The Morgan fingerprint density at radius 3 is 2.62 bits per heavy atom. The minimum absolute atomic E-state index is 0.00960. The number of thioether (sulfide) groups is 1. The monoisotopic (exact) mass is 460 g/mol. The van der Waals surface area contributed by atoms with Gasteiger partial charge in [0.15, 0.2) is 0 Å². The number of rotatable bonds is 6. The van der Waals surface area contributed by atoms with Crippen molar-refractivity contribution in [3.63, 3.8) is 0 Å². The first kappa shape index (κ1) is 22.4. The van der Waals surface area contributed by atoms with Gasteiger partial charge in [0, 0.05) is 37.4 Å². The molecule has 0 saturated carbocycles. The fourth-order valence-corrected chi connectivity index (χ4v) is 5.14. The number of amides is 2. The molecule has 0 unspecified atom stereocenters. The Balaban J connectivity index is 1.41. The molecule has 10 heteroatoms. The van der Waals surface area contributed by atoms with Crippen molar-refractivity contribution >= 4 is 23.8 Å². The number of carbonyl (C=O) groups is 2. The first-order chi connectivity index (χ1) is 15.6. The molecule has 2 aromatic heterocycles. The van der Waals surface area contributed by atoms with E-state index < -0.39 is 0 Å². The van der Waals surface area contributed by atoms with Crippen molar-refractivity contribution in [2.75, 3.05) is 38.5 Å². The second-order valence-electron chi connectivity index (χ2n) is 7.85. The fourth-order valence-electron chi connectivity index (χ4n) is 4.16. The Hall–Kier alpha value is -2.75. The van der Waals surface area contributed by atoms with Gasteiger partial charge in [-0.25, -0.2) is 9.59 Å². The SMILES string of the molecule is CCOC(=O)N1CCN(C(=O)CSc2nc(=O)n(Cc3ccco3)c3c2CCCC3)CC1. The molecule has 1 aliphatic heterocycles. The van der Waals surface area contributed by atoms with E-state index >= 15 is 0 Å². The van der Waals surface area contributed by atoms with Gasteiger partial charge in [0.2, 0.25) is 5.91 Å².